The number of hydrogen-bond acceptors (Lipinski definition) is 9. The molecule has 2 rings (SSSR count). The largest absolute Gasteiger partial charge is 0.459 e. The molecule has 1 aliphatic rings. The molecule has 11 heteroatoms. The van der Waals surface area contributed by atoms with Gasteiger partial charge in [-0.2, -0.15) is 4.98 Å². The van der Waals surface area contributed by atoms with E-state index in [1.54, 1.807) is 0 Å². The van der Waals surface area contributed by atoms with Crippen molar-refractivity contribution in [1.29, 1.82) is 0 Å². The van der Waals surface area contributed by atoms with Crippen LogP contribution in [0.1, 0.15) is 27.7 Å². The van der Waals surface area contributed by atoms with Crippen LogP contribution in [0, 0.1) is 0 Å². The molecule has 1 aromatic rings. The second-order valence-corrected chi connectivity index (χ2v) is 5.87. The zero-order chi connectivity index (χ0) is 19.6. The molecule has 2 heterocycles. The molecule has 0 aliphatic carbocycles. The highest BCUT2D eigenvalue weighted by Crippen LogP contribution is 2.30. The van der Waals surface area contributed by atoms with Crippen LogP contribution in [0.2, 0.25) is 0 Å². The van der Waals surface area contributed by atoms with Gasteiger partial charge in [-0.1, -0.05) is 0 Å². The summed E-state index contributed by atoms with van der Waals surface area (Å²) in [6.45, 7) is 5.32. The first-order valence-corrected chi connectivity index (χ1v) is 7.89. The van der Waals surface area contributed by atoms with Crippen LogP contribution in [0.25, 0.3) is 0 Å². The fraction of sp³-hybridized carbons (Fsp3) is 0.533. The van der Waals surface area contributed by atoms with E-state index in [1.807, 2.05) is 0 Å². The second kappa shape index (κ2) is 7.42. The summed E-state index contributed by atoms with van der Waals surface area (Å²) in [4.78, 5) is 54.9. The molecular formula is C15H21N5O6. The van der Waals surface area contributed by atoms with E-state index in [2.05, 4.69) is 15.3 Å². The second-order valence-electron chi connectivity index (χ2n) is 5.87. The fourth-order valence-corrected chi connectivity index (χ4v) is 2.95. The van der Waals surface area contributed by atoms with Gasteiger partial charge in [-0.05, 0) is 6.92 Å². The Morgan fingerprint density at radius 3 is 2.38 bits per heavy atom. The summed E-state index contributed by atoms with van der Waals surface area (Å²) in [6, 6.07) is -0.801. The van der Waals surface area contributed by atoms with Gasteiger partial charge >= 0.3 is 11.9 Å². The molecule has 0 saturated heterocycles. The number of rotatable bonds is 4. The fourth-order valence-electron chi connectivity index (χ4n) is 2.95. The molecule has 0 bridgehead atoms. The zero-order valence-corrected chi connectivity index (χ0v) is 14.9. The summed E-state index contributed by atoms with van der Waals surface area (Å²) in [5, 5.41) is 2.90. The Bertz CT molecular complexity index is 791. The van der Waals surface area contributed by atoms with Crippen molar-refractivity contribution >= 4 is 35.3 Å². The smallest absolute Gasteiger partial charge is 0.303 e. The van der Waals surface area contributed by atoms with Crippen LogP contribution in [0.15, 0.2) is 4.79 Å². The lowest BCUT2D eigenvalue weighted by molar-refractivity contribution is -0.165. The summed E-state index contributed by atoms with van der Waals surface area (Å²) in [7, 11) is 0. The third-order valence-electron chi connectivity index (χ3n) is 3.80. The van der Waals surface area contributed by atoms with E-state index in [-0.39, 0.29) is 24.0 Å². The molecule has 1 aromatic heterocycles. The minimum absolute atomic E-state index is 0.0462. The van der Waals surface area contributed by atoms with Crippen LogP contribution in [-0.4, -0.2) is 52.6 Å². The predicted molar refractivity (Wildman–Crippen MR) is 91.5 cm³/mol. The van der Waals surface area contributed by atoms with E-state index in [1.165, 1.54) is 32.6 Å². The highest BCUT2D eigenvalue weighted by Gasteiger charge is 2.42. The average molecular weight is 367 g/mol. The molecule has 26 heavy (non-hydrogen) atoms. The maximum absolute atomic E-state index is 12.3. The van der Waals surface area contributed by atoms with Crippen molar-refractivity contribution < 1.29 is 23.9 Å². The number of carbonyl (C=O) groups is 3. The number of nitrogens with two attached hydrogens (primary N) is 1. The van der Waals surface area contributed by atoms with Crippen LogP contribution < -0.4 is 21.5 Å². The van der Waals surface area contributed by atoms with Gasteiger partial charge in [-0.25, -0.2) is 0 Å². The first-order chi connectivity index (χ1) is 12.1. The minimum Gasteiger partial charge on any atom is -0.459 e. The monoisotopic (exact) mass is 367 g/mol. The predicted octanol–water partition coefficient (Wildman–Crippen LogP) is -0.618. The first kappa shape index (κ1) is 19.2. The lowest BCUT2D eigenvalue weighted by atomic mass is 10.0. The third-order valence-corrected chi connectivity index (χ3v) is 3.80. The Balaban J connectivity index is 2.50. The Morgan fingerprint density at radius 2 is 1.85 bits per heavy atom. The standard InChI is InChI=1S/C15H21N5O6/c1-6(25-8(3)22)12(26-9(4)23)10-5-17-13-11(20(10)7(2)21)14(24)19-15(16)18-13/h6,10,12H,5H2,1-4H3,(H4,16,17,18,19,24)/t6-,10+,12-/m0/s1. The topological polar surface area (TPSA) is 157 Å². The number of amides is 1. The van der Waals surface area contributed by atoms with E-state index in [0.29, 0.717) is 0 Å². The molecule has 1 amide bonds. The van der Waals surface area contributed by atoms with E-state index in [9.17, 15) is 19.2 Å². The number of nitrogen functional groups attached to an aromatic ring is 1. The Labute approximate surface area is 148 Å². The van der Waals surface area contributed by atoms with Crippen molar-refractivity contribution in [2.24, 2.45) is 0 Å². The molecule has 3 atom stereocenters. The quantitative estimate of drug-likeness (QED) is 0.590. The maximum atomic E-state index is 12.3. The van der Waals surface area contributed by atoms with Gasteiger partial charge in [0.25, 0.3) is 5.56 Å². The molecule has 0 fully saturated rings. The van der Waals surface area contributed by atoms with Gasteiger partial charge < -0.3 is 20.5 Å². The number of fused-ring (bicyclic) bond motifs is 1. The SMILES string of the molecule is CC(=O)O[C@@H]([C@H](C)OC(C)=O)[C@H]1CNc2nc(N)[nH]c(=O)c2N1C(C)=O. The summed E-state index contributed by atoms with van der Waals surface area (Å²) in [5.74, 6) is -1.62. The number of anilines is 3. The van der Waals surface area contributed by atoms with Gasteiger partial charge in [0.1, 0.15) is 6.10 Å². The number of nitrogens with one attached hydrogen (secondary N) is 2. The van der Waals surface area contributed by atoms with Crippen LogP contribution >= 0.6 is 0 Å². The van der Waals surface area contributed by atoms with Crippen molar-refractivity contribution in [2.45, 2.75) is 45.9 Å². The summed E-state index contributed by atoms with van der Waals surface area (Å²) in [6.07, 6.45) is -1.86. The lowest BCUT2D eigenvalue weighted by Gasteiger charge is -2.40. The number of aromatic nitrogens is 2. The number of H-pyrrole nitrogens is 1. The van der Waals surface area contributed by atoms with Crippen LogP contribution in [0.5, 0.6) is 0 Å². The van der Waals surface area contributed by atoms with E-state index >= 15 is 0 Å². The van der Waals surface area contributed by atoms with Crippen molar-refractivity contribution in [3.05, 3.63) is 10.4 Å². The maximum Gasteiger partial charge on any atom is 0.303 e. The van der Waals surface area contributed by atoms with Gasteiger partial charge in [0.2, 0.25) is 11.9 Å². The molecule has 0 aromatic carbocycles. The Morgan fingerprint density at radius 1 is 1.23 bits per heavy atom. The molecule has 0 unspecified atom stereocenters. The average Bonchev–Trinajstić information content (AvgIpc) is 2.50. The molecule has 11 nitrogen and oxygen atoms in total. The van der Waals surface area contributed by atoms with E-state index in [4.69, 9.17) is 15.2 Å². The summed E-state index contributed by atoms with van der Waals surface area (Å²) >= 11 is 0. The zero-order valence-electron chi connectivity index (χ0n) is 14.9. The Kier molecular flexibility index (Phi) is 5.48. The van der Waals surface area contributed by atoms with Crippen molar-refractivity contribution in [3.63, 3.8) is 0 Å². The van der Waals surface area contributed by atoms with Crippen LogP contribution in [0.4, 0.5) is 17.5 Å². The normalized spacial score (nSPS) is 18.2. The van der Waals surface area contributed by atoms with Crippen molar-refractivity contribution in [2.75, 3.05) is 22.5 Å². The highest BCUT2D eigenvalue weighted by molar-refractivity contribution is 5.96. The van der Waals surface area contributed by atoms with E-state index in [0.717, 1.165) is 0 Å². The highest BCUT2D eigenvalue weighted by atomic mass is 16.6. The van der Waals surface area contributed by atoms with Gasteiger partial charge in [-0.3, -0.25) is 29.1 Å². The van der Waals surface area contributed by atoms with Crippen molar-refractivity contribution in [1.82, 2.24) is 9.97 Å². The molecule has 1 aliphatic heterocycles. The third kappa shape index (κ3) is 3.92. The summed E-state index contributed by atoms with van der Waals surface area (Å²) < 4.78 is 10.4. The number of esters is 2. The lowest BCUT2D eigenvalue weighted by Crippen LogP contribution is -2.59. The number of nitrogens with zero attached hydrogens (tertiary/aromatic N) is 2. The number of hydrogen-bond donors (Lipinski definition) is 3. The van der Waals surface area contributed by atoms with Crippen LogP contribution in [0.3, 0.4) is 0 Å². The molecule has 0 spiro atoms. The number of ether oxygens (including phenoxy) is 2. The van der Waals surface area contributed by atoms with Gasteiger partial charge in [0.15, 0.2) is 17.6 Å². The molecule has 142 valence electrons. The van der Waals surface area contributed by atoms with Gasteiger partial charge in [-0.15, -0.1) is 0 Å². The summed E-state index contributed by atoms with van der Waals surface area (Å²) in [5.41, 5.74) is 4.86. The van der Waals surface area contributed by atoms with Crippen molar-refractivity contribution in [3.8, 4) is 0 Å². The minimum atomic E-state index is -1.00. The number of aromatic amines is 1. The van der Waals surface area contributed by atoms with Gasteiger partial charge in [0, 0.05) is 27.3 Å². The molecular weight excluding hydrogens is 346 g/mol. The van der Waals surface area contributed by atoms with E-state index < -0.39 is 41.7 Å². The van der Waals surface area contributed by atoms with Crippen LogP contribution in [-0.2, 0) is 23.9 Å². The molecule has 0 radical (unpaired) electrons. The molecule has 0 saturated carbocycles. The molecule has 4 N–H and O–H groups in total. The first-order valence-electron chi connectivity index (χ1n) is 7.89. The Hall–Kier alpha value is -3.11. The van der Waals surface area contributed by atoms with Gasteiger partial charge in [0.05, 0.1) is 6.04 Å². The number of carbonyl (C=O) groups excluding carboxylic acids is 3.